The van der Waals surface area contributed by atoms with E-state index >= 15 is 0 Å². The van der Waals surface area contributed by atoms with Crippen molar-refractivity contribution in [2.75, 3.05) is 48.6 Å². The Morgan fingerprint density at radius 1 is 1.27 bits per heavy atom. The molecular formula is C14H30ClNO5Si. The van der Waals surface area contributed by atoms with E-state index in [9.17, 15) is 4.79 Å². The van der Waals surface area contributed by atoms with Crippen LogP contribution >= 0.6 is 0 Å². The lowest BCUT2D eigenvalue weighted by Crippen LogP contribution is -3.00. The number of nitrogens with zero attached hydrogens (tertiary/aromatic N) is 1. The van der Waals surface area contributed by atoms with E-state index < -0.39 is 5.91 Å². The number of halogens is 1. The fraction of sp³-hybridized carbons (Fsp3) is 0.786. The lowest BCUT2D eigenvalue weighted by Gasteiger charge is -2.48. The average Bonchev–Trinajstić information content (AvgIpc) is 2.43. The van der Waals surface area contributed by atoms with Gasteiger partial charge in [0.15, 0.2) is 6.10 Å². The Labute approximate surface area is 143 Å². The Bertz CT molecular complexity index is 357. The first-order valence-corrected chi connectivity index (χ1v) is 8.42. The van der Waals surface area contributed by atoms with E-state index in [0.29, 0.717) is 16.6 Å². The van der Waals surface area contributed by atoms with Crippen molar-refractivity contribution in [2.45, 2.75) is 25.0 Å². The van der Waals surface area contributed by atoms with Crippen LogP contribution in [0.5, 0.6) is 0 Å². The molecule has 1 atom stereocenters. The molecule has 6 nitrogen and oxygen atoms in total. The Balaban J connectivity index is 0. The van der Waals surface area contributed by atoms with Crippen LogP contribution in [0.3, 0.4) is 0 Å². The minimum Gasteiger partial charge on any atom is -1.00 e. The summed E-state index contributed by atoms with van der Waals surface area (Å²) in [4.78, 5) is 11.5. The van der Waals surface area contributed by atoms with Crippen molar-refractivity contribution in [1.29, 1.82) is 0 Å². The van der Waals surface area contributed by atoms with Crippen LogP contribution in [0, 0.1) is 0 Å². The van der Waals surface area contributed by atoms with Gasteiger partial charge < -0.3 is 31.4 Å². The second-order valence-electron chi connectivity index (χ2n) is 5.50. The molecule has 0 saturated carbocycles. The summed E-state index contributed by atoms with van der Waals surface area (Å²) < 4.78 is 22.5. The number of methoxy groups -OCH3 is 3. The first kappa shape index (κ1) is 23.8. The molecule has 0 amide bonds. The highest BCUT2D eigenvalue weighted by molar-refractivity contribution is 6.08. The molecule has 0 aliphatic heterocycles. The van der Waals surface area contributed by atoms with Crippen molar-refractivity contribution >= 4 is 16.2 Å². The zero-order valence-corrected chi connectivity index (χ0v) is 17.5. The van der Waals surface area contributed by atoms with Gasteiger partial charge in [0.05, 0.1) is 14.1 Å². The van der Waals surface area contributed by atoms with Gasteiger partial charge in [0.1, 0.15) is 13.2 Å². The third kappa shape index (κ3) is 5.33. The van der Waals surface area contributed by atoms with Crippen LogP contribution in [-0.4, -0.2) is 81.3 Å². The van der Waals surface area contributed by atoms with Crippen LogP contribution in [0.1, 0.15) is 6.92 Å². The van der Waals surface area contributed by atoms with Gasteiger partial charge in [-0.15, -0.1) is 0 Å². The van der Waals surface area contributed by atoms with Gasteiger partial charge in [0.25, 0.3) is 0 Å². The van der Waals surface area contributed by atoms with Gasteiger partial charge >= 0.3 is 11.9 Å². The molecule has 1 unspecified atom stereocenters. The number of likely N-dealkylation sites (N-methyl/N-ethyl adjacent to an activating group) is 1. The van der Waals surface area contributed by atoms with E-state index in [1.54, 1.807) is 28.3 Å². The molecule has 0 heterocycles. The van der Waals surface area contributed by atoms with Crippen molar-refractivity contribution in [2.24, 2.45) is 0 Å². The van der Waals surface area contributed by atoms with Gasteiger partial charge in [-0.05, 0) is 13.0 Å². The fourth-order valence-electron chi connectivity index (χ4n) is 2.45. The molecule has 0 spiro atoms. The van der Waals surface area contributed by atoms with Crippen molar-refractivity contribution in [3.63, 3.8) is 0 Å². The smallest absolute Gasteiger partial charge is 0.345 e. The number of carbonyl (C=O) groups excluding carboxylic acids is 1. The van der Waals surface area contributed by atoms with Crippen LogP contribution in [0.2, 0.25) is 6.04 Å². The molecule has 0 rings (SSSR count). The van der Waals surface area contributed by atoms with Gasteiger partial charge in [-0.3, -0.25) is 4.48 Å². The summed E-state index contributed by atoms with van der Waals surface area (Å²) >= 11 is 0. The summed E-state index contributed by atoms with van der Waals surface area (Å²) in [6.07, 6.45) is -0.189. The zero-order valence-electron chi connectivity index (χ0n) is 14.8. The molecule has 0 aromatic carbocycles. The minimum atomic E-state index is -0.938. The van der Waals surface area contributed by atoms with Crippen molar-refractivity contribution in [3.8, 4) is 0 Å². The van der Waals surface area contributed by atoms with Crippen molar-refractivity contribution < 1.29 is 40.6 Å². The summed E-state index contributed by atoms with van der Waals surface area (Å²) in [5.41, 5.74) is 0.388. The Hall–Kier alpha value is -0.443. The lowest BCUT2D eigenvalue weighted by molar-refractivity contribution is -0.999. The lowest BCUT2D eigenvalue weighted by atomic mass is 10.2. The van der Waals surface area contributed by atoms with E-state index in [1.807, 2.05) is 14.1 Å². The second kappa shape index (κ2) is 10.4. The molecule has 22 heavy (non-hydrogen) atoms. The van der Waals surface area contributed by atoms with Crippen LogP contribution in [0.25, 0.3) is 0 Å². The van der Waals surface area contributed by atoms with Crippen molar-refractivity contribution in [1.82, 2.24) is 0 Å². The molecule has 0 aliphatic carbocycles. The molecule has 0 bridgehead atoms. The number of quaternary nitrogens is 1. The number of esters is 1. The molecule has 0 saturated heterocycles. The molecule has 0 aromatic rings. The largest absolute Gasteiger partial charge is 1.00 e. The Morgan fingerprint density at radius 2 is 1.77 bits per heavy atom. The first-order valence-electron chi connectivity index (χ1n) is 7.01. The van der Waals surface area contributed by atoms with Crippen molar-refractivity contribution in [3.05, 3.63) is 12.2 Å². The molecule has 0 radical (unpaired) electrons. The molecule has 8 heteroatoms. The van der Waals surface area contributed by atoms with Crippen LogP contribution in [-0.2, 0) is 23.7 Å². The fourth-order valence-corrected chi connectivity index (χ4v) is 3.30. The standard InChI is InChI=1S/C14H30NO5Si.ClH/c1-11(2)13(16)20-9-8-15(3,4)14(18-6,19-7)12(10-21)17-5;/h12H,1,8-10H2,2-7,21H3;1H/q+1;/p-1. The summed E-state index contributed by atoms with van der Waals surface area (Å²) in [5, 5.41) is 0. The minimum absolute atomic E-state index is 0. The van der Waals surface area contributed by atoms with Crippen LogP contribution < -0.4 is 12.4 Å². The molecule has 0 N–H and O–H groups in total. The SMILES string of the molecule is C=C(C)C(=O)OCC[N+](C)(C)C(OC)(OC)C(C[SiH3])OC.[Cl-]. The number of hydrogen-bond donors (Lipinski definition) is 0. The summed E-state index contributed by atoms with van der Waals surface area (Å²) in [6, 6.07) is 0.866. The monoisotopic (exact) mass is 355 g/mol. The number of carbonyl (C=O) groups is 1. The highest BCUT2D eigenvalue weighted by Gasteiger charge is 2.53. The summed E-state index contributed by atoms with van der Waals surface area (Å²) in [6.45, 7) is 5.97. The predicted molar refractivity (Wildman–Crippen MR) is 85.0 cm³/mol. The molecule has 0 aliphatic rings. The molecular weight excluding hydrogens is 326 g/mol. The maximum atomic E-state index is 11.5. The summed E-state index contributed by atoms with van der Waals surface area (Å²) in [5.74, 6) is -1.33. The molecule has 132 valence electrons. The van der Waals surface area contributed by atoms with Crippen LogP contribution in [0.15, 0.2) is 12.2 Å². The van der Waals surface area contributed by atoms with Crippen LogP contribution in [0.4, 0.5) is 0 Å². The number of hydrogen-bond acceptors (Lipinski definition) is 5. The zero-order chi connectivity index (χ0) is 16.7. The van der Waals surface area contributed by atoms with Gasteiger partial charge in [-0.1, -0.05) is 6.58 Å². The van der Waals surface area contributed by atoms with E-state index in [0.717, 1.165) is 16.3 Å². The maximum absolute atomic E-state index is 11.5. The number of ether oxygens (including phenoxy) is 4. The summed E-state index contributed by atoms with van der Waals surface area (Å²) in [7, 11) is 9.75. The maximum Gasteiger partial charge on any atom is 0.345 e. The Morgan fingerprint density at radius 3 is 2.09 bits per heavy atom. The van der Waals surface area contributed by atoms with Gasteiger partial charge in [-0.25, -0.2) is 4.79 Å². The molecule has 0 fully saturated rings. The average molecular weight is 356 g/mol. The normalized spacial score (nSPS) is 13.4. The second-order valence-corrected chi connectivity index (χ2v) is 6.31. The molecule has 0 aromatic heterocycles. The quantitative estimate of drug-likeness (QED) is 0.137. The van der Waals surface area contributed by atoms with E-state index in [-0.39, 0.29) is 31.1 Å². The Kier molecular flexibility index (Phi) is 11.2. The van der Waals surface area contributed by atoms with E-state index in [2.05, 4.69) is 6.58 Å². The highest BCUT2D eigenvalue weighted by atomic mass is 35.5. The predicted octanol–water partition coefficient (Wildman–Crippen LogP) is -3.07. The highest BCUT2D eigenvalue weighted by Crippen LogP contribution is 2.30. The van der Waals surface area contributed by atoms with E-state index in [4.69, 9.17) is 18.9 Å². The van der Waals surface area contributed by atoms with Gasteiger partial charge in [0, 0.05) is 37.1 Å². The topological polar surface area (TPSA) is 54.0 Å². The number of rotatable bonds is 10. The van der Waals surface area contributed by atoms with Gasteiger partial charge in [-0.2, -0.15) is 0 Å². The van der Waals surface area contributed by atoms with E-state index in [1.165, 1.54) is 0 Å². The third-order valence-corrected chi connectivity index (χ3v) is 4.46. The third-order valence-electron chi connectivity index (χ3n) is 3.72. The first-order chi connectivity index (χ1) is 9.72. The van der Waals surface area contributed by atoms with Gasteiger partial charge in [0.2, 0.25) is 0 Å².